The maximum Gasteiger partial charge on any atom is 0.416 e. The lowest BCUT2D eigenvalue weighted by molar-refractivity contribution is -0.137. The van der Waals surface area contributed by atoms with Crippen LogP contribution in [0.15, 0.2) is 77.7 Å². The highest BCUT2D eigenvalue weighted by Crippen LogP contribution is 2.31. The first-order valence-corrected chi connectivity index (χ1v) is 12.3. The van der Waals surface area contributed by atoms with Gasteiger partial charge in [-0.3, -0.25) is 4.79 Å². The van der Waals surface area contributed by atoms with Crippen LogP contribution in [0.2, 0.25) is 0 Å². The molecule has 1 atom stereocenters. The number of halogens is 4. The third-order valence-corrected chi connectivity index (χ3v) is 7.79. The van der Waals surface area contributed by atoms with Crippen LogP contribution in [-0.4, -0.2) is 31.2 Å². The highest BCUT2D eigenvalue weighted by atomic mass is 32.2. The Kier molecular flexibility index (Phi) is 6.95. The number of benzene rings is 3. The van der Waals surface area contributed by atoms with E-state index >= 15 is 0 Å². The fourth-order valence-electron chi connectivity index (χ4n) is 4.05. The molecule has 0 aliphatic carbocycles. The van der Waals surface area contributed by atoms with Gasteiger partial charge in [0.15, 0.2) is 0 Å². The van der Waals surface area contributed by atoms with Crippen molar-refractivity contribution in [3.05, 3.63) is 89.7 Å². The van der Waals surface area contributed by atoms with Gasteiger partial charge < -0.3 is 5.32 Å². The van der Waals surface area contributed by atoms with E-state index < -0.39 is 39.5 Å². The molecule has 1 aliphatic rings. The average molecular weight is 507 g/mol. The first kappa shape index (κ1) is 24.9. The summed E-state index contributed by atoms with van der Waals surface area (Å²) in [6.45, 7) is 0.301. The van der Waals surface area contributed by atoms with Crippen LogP contribution in [0.25, 0.3) is 11.1 Å². The number of rotatable bonds is 6. The molecule has 0 aromatic heterocycles. The average Bonchev–Trinajstić information content (AvgIpc) is 3.34. The van der Waals surface area contributed by atoms with Crippen molar-refractivity contribution in [3.8, 4) is 11.1 Å². The number of sulfonamides is 1. The molecule has 0 saturated carbocycles. The van der Waals surface area contributed by atoms with Crippen molar-refractivity contribution in [2.45, 2.75) is 36.5 Å². The molecule has 5 nitrogen and oxygen atoms in total. The van der Waals surface area contributed by atoms with E-state index in [9.17, 15) is 30.8 Å². The molecule has 0 spiro atoms. The zero-order chi connectivity index (χ0) is 25.2. The van der Waals surface area contributed by atoms with Gasteiger partial charge in [0, 0.05) is 13.1 Å². The molecule has 10 heteroatoms. The van der Waals surface area contributed by atoms with Crippen molar-refractivity contribution in [2.24, 2.45) is 0 Å². The SMILES string of the molecule is O=C(NCc1cccc(-c2ccc(C(F)(F)F)cc2)c1)[C@@H]1CCCN1S(=O)(=O)c1ccc(F)cc1. The molecule has 1 amide bonds. The highest BCUT2D eigenvalue weighted by Gasteiger charge is 2.39. The molecule has 35 heavy (non-hydrogen) atoms. The van der Waals surface area contributed by atoms with Crippen molar-refractivity contribution >= 4 is 15.9 Å². The Morgan fingerprint density at radius 3 is 2.31 bits per heavy atom. The Labute approximate surface area is 200 Å². The smallest absolute Gasteiger partial charge is 0.351 e. The molecule has 3 aromatic carbocycles. The minimum Gasteiger partial charge on any atom is -0.351 e. The van der Waals surface area contributed by atoms with Crippen molar-refractivity contribution in [1.29, 1.82) is 0 Å². The van der Waals surface area contributed by atoms with Crippen LogP contribution in [0.3, 0.4) is 0 Å². The highest BCUT2D eigenvalue weighted by molar-refractivity contribution is 7.89. The normalized spacial score (nSPS) is 16.9. The summed E-state index contributed by atoms with van der Waals surface area (Å²) in [5.41, 5.74) is 1.26. The predicted molar refractivity (Wildman–Crippen MR) is 122 cm³/mol. The lowest BCUT2D eigenvalue weighted by atomic mass is 10.0. The molecule has 1 fully saturated rings. The van der Waals surface area contributed by atoms with Gasteiger partial charge >= 0.3 is 6.18 Å². The largest absolute Gasteiger partial charge is 0.416 e. The maximum absolute atomic E-state index is 13.2. The van der Waals surface area contributed by atoms with Gasteiger partial charge in [-0.2, -0.15) is 17.5 Å². The van der Waals surface area contributed by atoms with Gasteiger partial charge in [0.2, 0.25) is 15.9 Å². The van der Waals surface area contributed by atoms with Crippen molar-refractivity contribution in [1.82, 2.24) is 9.62 Å². The Balaban J connectivity index is 1.44. The van der Waals surface area contributed by atoms with E-state index in [0.717, 1.165) is 28.6 Å². The molecule has 4 rings (SSSR count). The summed E-state index contributed by atoms with van der Waals surface area (Å²) in [6, 6.07) is 15.4. The number of carbonyl (C=O) groups is 1. The lowest BCUT2D eigenvalue weighted by Gasteiger charge is -2.23. The minimum atomic E-state index is -4.41. The predicted octanol–water partition coefficient (Wildman–Crippen LogP) is 4.98. The second-order valence-corrected chi connectivity index (χ2v) is 10.1. The molecule has 184 valence electrons. The summed E-state index contributed by atoms with van der Waals surface area (Å²) in [4.78, 5) is 12.8. The second kappa shape index (κ2) is 9.79. The van der Waals surface area contributed by atoms with Gasteiger partial charge in [0.25, 0.3) is 0 Å². The molecule has 1 heterocycles. The lowest BCUT2D eigenvalue weighted by Crippen LogP contribution is -2.45. The third-order valence-electron chi connectivity index (χ3n) is 5.87. The molecular formula is C25H22F4N2O3S. The number of alkyl halides is 3. The third kappa shape index (κ3) is 5.54. The molecule has 0 radical (unpaired) electrons. The molecule has 0 unspecified atom stereocenters. The van der Waals surface area contributed by atoms with Crippen molar-refractivity contribution < 1.29 is 30.8 Å². The van der Waals surface area contributed by atoms with Crippen LogP contribution in [0.4, 0.5) is 17.6 Å². The van der Waals surface area contributed by atoms with Crippen LogP contribution < -0.4 is 5.32 Å². The van der Waals surface area contributed by atoms with Crippen LogP contribution in [0, 0.1) is 5.82 Å². The Morgan fingerprint density at radius 1 is 0.971 bits per heavy atom. The zero-order valence-electron chi connectivity index (χ0n) is 18.4. The maximum atomic E-state index is 13.2. The summed E-state index contributed by atoms with van der Waals surface area (Å²) >= 11 is 0. The fourth-order valence-corrected chi connectivity index (χ4v) is 5.71. The summed E-state index contributed by atoms with van der Waals surface area (Å²) < 4.78 is 78.7. The van der Waals surface area contributed by atoms with E-state index in [1.54, 1.807) is 24.3 Å². The first-order valence-electron chi connectivity index (χ1n) is 10.9. The molecular weight excluding hydrogens is 484 g/mol. The molecule has 1 saturated heterocycles. The molecule has 0 bridgehead atoms. The number of amides is 1. The van der Waals surface area contributed by atoms with Crippen LogP contribution >= 0.6 is 0 Å². The van der Waals surface area contributed by atoms with E-state index in [-0.39, 0.29) is 18.0 Å². The van der Waals surface area contributed by atoms with Crippen LogP contribution in [0.1, 0.15) is 24.0 Å². The number of hydrogen-bond acceptors (Lipinski definition) is 3. The zero-order valence-corrected chi connectivity index (χ0v) is 19.2. The number of hydrogen-bond donors (Lipinski definition) is 1. The minimum absolute atomic E-state index is 0.0807. The molecule has 3 aromatic rings. The fraction of sp³-hybridized carbons (Fsp3) is 0.240. The Bertz CT molecular complexity index is 1310. The summed E-state index contributed by atoms with van der Waals surface area (Å²) in [7, 11) is -3.96. The first-order chi connectivity index (χ1) is 16.6. The summed E-state index contributed by atoms with van der Waals surface area (Å²) in [5.74, 6) is -1.01. The van der Waals surface area contributed by atoms with Gasteiger partial charge in [0.1, 0.15) is 11.9 Å². The summed E-state index contributed by atoms with van der Waals surface area (Å²) in [5, 5.41) is 2.76. The monoisotopic (exact) mass is 506 g/mol. The van der Waals surface area contributed by atoms with E-state index in [0.29, 0.717) is 29.5 Å². The van der Waals surface area contributed by atoms with E-state index in [2.05, 4.69) is 5.32 Å². The number of nitrogens with one attached hydrogen (secondary N) is 1. The van der Waals surface area contributed by atoms with E-state index in [1.807, 2.05) is 0 Å². The van der Waals surface area contributed by atoms with Gasteiger partial charge in [-0.1, -0.05) is 30.3 Å². The summed E-state index contributed by atoms with van der Waals surface area (Å²) in [6.07, 6.45) is -3.54. The number of carbonyl (C=O) groups excluding carboxylic acids is 1. The van der Waals surface area contributed by atoms with Gasteiger partial charge in [-0.05, 0) is 72.0 Å². The van der Waals surface area contributed by atoms with Crippen LogP contribution in [-0.2, 0) is 27.5 Å². The van der Waals surface area contributed by atoms with Gasteiger partial charge in [-0.25, -0.2) is 12.8 Å². The second-order valence-electron chi connectivity index (χ2n) is 8.22. The van der Waals surface area contributed by atoms with Gasteiger partial charge in [0.05, 0.1) is 10.5 Å². The standard InChI is InChI=1S/C25H22F4N2O3S/c26-21-10-12-22(13-11-21)35(33,34)31-14-2-5-23(31)24(32)30-16-17-3-1-4-19(15-17)18-6-8-20(9-7-18)25(27,28)29/h1,3-4,6-13,15,23H,2,5,14,16H2,(H,30,32)/t23-/m0/s1. The van der Waals surface area contributed by atoms with E-state index in [1.165, 1.54) is 24.3 Å². The number of nitrogens with zero attached hydrogens (tertiary/aromatic N) is 1. The Morgan fingerprint density at radius 2 is 1.66 bits per heavy atom. The van der Waals surface area contributed by atoms with E-state index in [4.69, 9.17) is 0 Å². The van der Waals surface area contributed by atoms with Crippen molar-refractivity contribution in [2.75, 3.05) is 6.54 Å². The molecule has 1 N–H and O–H groups in total. The molecule has 1 aliphatic heterocycles. The van der Waals surface area contributed by atoms with Crippen LogP contribution in [0.5, 0.6) is 0 Å². The topological polar surface area (TPSA) is 66.5 Å². The quantitative estimate of drug-likeness (QED) is 0.480. The van der Waals surface area contributed by atoms with Crippen molar-refractivity contribution in [3.63, 3.8) is 0 Å². The van der Waals surface area contributed by atoms with Gasteiger partial charge in [-0.15, -0.1) is 0 Å². The Hall–Kier alpha value is -3.24.